The van der Waals surface area contributed by atoms with Crippen LogP contribution in [0.5, 0.6) is 0 Å². The summed E-state index contributed by atoms with van der Waals surface area (Å²) in [6.07, 6.45) is 3.21. The molecular formula is C12H21N3OS. The Kier molecular flexibility index (Phi) is 5.71. The van der Waals surface area contributed by atoms with Crippen LogP contribution < -0.4 is 4.90 Å². The second kappa shape index (κ2) is 6.81. The predicted octanol–water partition coefficient (Wildman–Crippen LogP) is 1.86. The van der Waals surface area contributed by atoms with E-state index in [1.165, 1.54) is 0 Å². The Hall–Kier alpha value is -0.810. The Balaban J connectivity index is 2.80. The molecule has 1 unspecified atom stereocenters. The van der Waals surface area contributed by atoms with Crippen LogP contribution in [0.25, 0.3) is 0 Å². The first kappa shape index (κ1) is 14.3. The maximum atomic E-state index is 9.14. The summed E-state index contributed by atoms with van der Waals surface area (Å²) in [7, 11) is 2.00. The molecule has 1 aromatic heterocycles. The summed E-state index contributed by atoms with van der Waals surface area (Å²) in [5, 5.41) is 9.14. The minimum atomic E-state index is -0.0383. The fourth-order valence-corrected chi connectivity index (χ4v) is 2.11. The lowest BCUT2D eigenvalue weighted by atomic mass is 10.2. The first-order chi connectivity index (χ1) is 8.08. The highest BCUT2D eigenvalue weighted by molar-refractivity contribution is 7.98. The van der Waals surface area contributed by atoms with E-state index in [1.807, 2.05) is 31.8 Å². The van der Waals surface area contributed by atoms with Crippen molar-refractivity contribution in [1.82, 2.24) is 9.97 Å². The number of aromatic nitrogens is 2. The highest BCUT2D eigenvalue weighted by Gasteiger charge is 2.13. The third-order valence-electron chi connectivity index (χ3n) is 2.77. The van der Waals surface area contributed by atoms with Crippen LogP contribution in [0.2, 0.25) is 0 Å². The van der Waals surface area contributed by atoms with Crippen LogP contribution in [-0.2, 0) is 6.61 Å². The Bertz CT molecular complexity index is 360. The number of nitrogens with zero attached hydrogens (tertiary/aromatic N) is 3. The van der Waals surface area contributed by atoms with Crippen molar-refractivity contribution in [2.45, 2.75) is 32.9 Å². The van der Waals surface area contributed by atoms with Crippen molar-refractivity contribution in [3.8, 4) is 0 Å². The maximum absolute atomic E-state index is 9.14. The number of aliphatic hydroxyl groups excluding tert-OH is 1. The molecule has 0 aliphatic carbocycles. The van der Waals surface area contributed by atoms with Gasteiger partial charge in [0.15, 0.2) is 0 Å². The number of hydrogen-bond donors (Lipinski definition) is 1. The van der Waals surface area contributed by atoms with Crippen molar-refractivity contribution < 1.29 is 5.11 Å². The van der Waals surface area contributed by atoms with Gasteiger partial charge in [0.2, 0.25) is 5.95 Å². The number of hydrogen-bond acceptors (Lipinski definition) is 5. The molecule has 0 saturated heterocycles. The van der Waals surface area contributed by atoms with Crippen molar-refractivity contribution in [2.24, 2.45) is 0 Å². The molecule has 1 aromatic rings. The second-order valence-corrected chi connectivity index (χ2v) is 5.19. The van der Waals surface area contributed by atoms with E-state index >= 15 is 0 Å². The van der Waals surface area contributed by atoms with E-state index in [2.05, 4.69) is 28.0 Å². The quantitative estimate of drug-likeness (QED) is 0.840. The number of thioether (sulfide) groups is 1. The largest absolute Gasteiger partial charge is 0.390 e. The number of aliphatic hydroxyl groups is 1. The molecule has 1 N–H and O–H groups in total. The summed E-state index contributed by atoms with van der Waals surface area (Å²) < 4.78 is 0. The van der Waals surface area contributed by atoms with E-state index in [4.69, 9.17) is 5.11 Å². The third kappa shape index (κ3) is 4.16. The molecule has 0 fully saturated rings. The monoisotopic (exact) mass is 255 g/mol. The lowest BCUT2D eigenvalue weighted by Crippen LogP contribution is -2.31. The van der Waals surface area contributed by atoms with Gasteiger partial charge in [-0.25, -0.2) is 9.97 Å². The first-order valence-corrected chi connectivity index (χ1v) is 7.15. The second-order valence-electron chi connectivity index (χ2n) is 4.20. The molecule has 17 heavy (non-hydrogen) atoms. The van der Waals surface area contributed by atoms with Gasteiger partial charge in [-0.1, -0.05) is 0 Å². The van der Waals surface area contributed by atoms with E-state index in [9.17, 15) is 0 Å². The Morgan fingerprint density at radius 2 is 2.18 bits per heavy atom. The first-order valence-electron chi connectivity index (χ1n) is 5.75. The normalized spacial score (nSPS) is 12.5. The van der Waals surface area contributed by atoms with Crippen molar-refractivity contribution >= 4 is 17.7 Å². The molecule has 0 amide bonds. The Morgan fingerprint density at radius 3 is 2.76 bits per heavy atom. The molecule has 0 radical (unpaired) electrons. The maximum Gasteiger partial charge on any atom is 0.225 e. The molecule has 1 atom stereocenters. The van der Waals surface area contributed by atoms with Gasteiger partial charge in [-0.15, -0.1) is 0 Å². The van der Waals surface area contributed by atoms with Crippen molar-refractivity contribution in [2.75, 3.05) is 24.0 Å². The molecular weight excluding hydrogens is 234 g/mol. The Morgan fingerprint density at radius 1 is 1.47 bits per heavy atom. The van der Waals surface area contributed by atoms with Crippen LogP contribution in [0.3, 0.4) is 0 Å². The van der Waals surface area contributed by atoms with Crippen molar-refractivity contribution in [1.29, 1.82) is 0 Å². The van der Waals surface area contributed by atoms with Crippen LogP contribution in [0.15, 0.2) is 6.07 Å². The number of aryl methyl sites for hydroxylation is 1. The topological polar surface area (TPSA) is 49.2 Å². The van der Waals surface area contributed by atoms with E-state index < -0.39 is 0 Å². The van der Waals surface area contributed by atoms with Gasteiger partial charge in [-0.05, 0) is 38.3 Å². The summed E-state index contributed by atoms with van der Waals surface area (Å²) in [4.78, 5) is 10.8. The highest BCUT2D eigenvalue weighted by atomic mass is 32.2. The standard InChI is InChI=1S/C12H21N3OS/c1-9-7-11(8-16)14-12(13-9)15(3)10(2)5-6-17-4/h7,10,16H,5-6,8H2,1-4H3. The van der Waals surface area contributed by atoms with E-state index in [-0.39, 0.29) is 6.61 Å². The van der Waals surface area contributed by atoms with Gasteiger partial charge in [0.1, 0.15) is 0 Å². The average Bonchev–Trinajstić information content (AvgIpc) is 2.34. The smallest absolute Gasteiger partial charge is 0.225 e. The van der Waals surface area contributed by atoms with Crippen LogP contribution >= 0.6 is 11.8 Å². The molecule has 5 heteroatoms. The fraction of sp³-hybridized carbons (Fsp3) is 0.667. The van der Waals surface area contributed by atoms with Gasteiger partial charge in [-0.3, -0.25) is 0 Å². The Labute approximate surface area is 107 Å². The summed E-state index contributed by atoms with van der Waals surface area (Å²) in [5.74, 6) is 1.83. The molecule has 4 nitrogen and oxygen atoms in total. The van der Waals surface area contributed by atoms with Gasteiger partial charge < -0.3 is 10.0 Å². The molecule has 0 bridgehead atoms. The summed E-state index contributed by atoms with van der Waals surface area (Å²) >= 11 is 1.85. The van der Waals surface area contributed by atoms with Gasteiger partial charge in [-0.2, -0.15) is 11.8 Å². The number of anilines is 1. The molecule has 1 rings (SSSR count). The lowest BCUT2D eigenvalue weighted by Gasteiger charge is -2.25. The molecule has 0 aromatic carbocycles. The zero-order valence-electron chi connectivity index (χ0n) is 11.0. The van der Waals surface area contributed by atoms with Crippen LogP contribution in [0, 0.1) is 6.92 Å². The van der Waals surface area contributed by atoms with Crippen molar-refractivity contribution in [3.05, 3.63) is 17.5 Å². The minimum Gasteiger partial charge on any atom is -0.390 e. The van der Waals surface area contributed by atoms with Crippen molar-refractivity contribution in [3.63, 3.8) is 0 Å². The minimum absolute atomic E-state index is 0.0383. The van der Waals surface area contributed by atoms with Crippen LogP contribution in [0.1, 0.15) is 24.7 Å². The van der Waals surface area contributed by atoms with Crippen LogP contribution in [-0.4, -0.2) is 40.2 Å². The summed E-state index contributed by atoms with van der Waals surface area (Å²) in [5.41, 5.74) is 1.57. The van der Waals surface area contributed by atoms with Gasteiger partial charge in [0, 0.05) is 18.8 Å². The molecule has 0 spiro atoms. The molecule has 0 aliphatic rings. The number of rotatable bonds is 6. The summed E-state index contributed by atoms with van der Waals surface area (Å²) in [6.45, 7) is 4.05. The van der Waals surface area contributed by atoms with E-state index in [0.29, 0.717) is 17.7 Å². The van der Waals surface area contributed by atoms with Gasteiger partial charge >= 0.3 is 0 Å². The lowest BCUT2D eigenvalue weighted by molar-refractivity contribution is 0.276. The fourth-order valence-electron chi connectivity index (χ4n) is 1.53. The molecule has 1 heterocycles. The van der Waals surface area contributed by atoms with E-state index in [1.54, 1.807) is 0 Å². The van der Waals surface area contributed by atoms with Gasteiger partial charge in [0.05, 0.1) is 12.3 Å². The van der Waals surface area contributed by atoms with Crippen LogP contribution in [0.4, 0.5) is 5.95 Å². The predicted molar refractivity (Wildman–Crippen MR) is 73.6 cm³/mol. The van der Waals surface area contributed by atoms with Gasteiger partial charge in [0.25, 0.3) is 0 Å². The zero-order valence-corrected chi connectivity index (χ0v) is 11.8. The summed E-state index contributed by atoms with van der Waals surface area (Å²) in [6, 6.07) is 2.21. The molecule has 96 valence electrons. The molecule has 0 saturated carbocycles. The SMILES string of the molecule is CSCCC(C)N(C)c1nc(C)cc(CO)n1. The zero-order chi connectivity index (χ0) is 12.8. The third-order valence-corrected chi connectivity index (χ3v) is 3.42. The average molecular weight is 255 g/mol. The highest BCUT2D eigenvalue weighted by Crippen LogP contribution is 2.14. The van der Waals surface area contributed by atoms with E-state index in [0.717, 1.165) is 17.9 Å². The molecule has 0 aliphatic heterocycles.